The highest BCUT2D eigenvalue weighted by atomic mass is 32.1. The Labute approximate surface area is 88.9 Å². The Hall–Kier alpha value is -0.680. The predicted molar refractivity (Wildman–Crippen MR) is 58.7 cm³/mol. The first-order valence-electron chi connectivity index (χ1n) is 4.79. The zero-order chi connectivity index (χ0) is 10.6. The van der Waals surface area contributed by atoms with Crippen molar-refractivity contribution < 1.29 is 4.74 Å². The number of hydrogen-bond acceptors (Lipinski definition) is 5. The molecule has 0 aliphatic carbocycles. The molecular weight excluding hydrogens is 198 g/mol. The standard InChI is InChI=1S/C9H17N3OS/c1-5-10-9-11-8(12-14-9)7(13-4)6(2)3/h6-7H,5H2,1-4H3,(H,10,11,12). The van der Waals surface area contributed by atoms with Crippen LogP contribution in [0, 0.1) is 5.92 Å². The van der Waals surface area contributed by atoms with Crippen LogP contribution in [0.25, 0.3) is 0 Å². The molecule has 1 rings (SSSR count). The maximum Gasteiger partial charge on any atom is 0.202 e. The van der Waals surface area contributed by atoms with E-state index in [1.165, 1.54) is 11.5 Å². The van der Waals surface area contributed by atoms with Gasteiger partial charge in [-0.25, -0.2) is 4.98 Å². The average molecular weight is 215 g/mol. The van der Waals surface area contributed by atoms with Crippen molar-refractivity contribution in [3.63, 3.8) is 0 Å². The van der Waals surface area contributed by atoms with Crippen molar-refractivity contribution in [3.8, 4) is 0 Å². The number of anilines is 1. The molecule has 1 unspecified atom stereocenters. The van der Waals surface area contributed by atoms with Gasteiger partial charge < -0.3 is 10.1 Å². The van der Waals surface area contributed by atoms with Gasteiger partial charge in [0.25, 0.3) is 0 Å². The van der Waals surface area contributed by atoms with Crippen LogP contribution in [0.1, 0.15) is 32.7 Å². The summed E-state index contributed by atoms with van der Waals surface area (Å²) in [5.41, 5.74) is 0. The van der Waals surface area contributed by atoms with E-state index >= 15 is 0 Å². The molecule has 0 bridgehead atoms. The maximum atomic E-state index is 5.34. The van der Waals surface area contributed by atoms with Crippen LogP contribution in [-0.2, 0) is 4.74 Å². The molecule has 0 saturated heterocycles. The first-order valence-corrected chi connectivity index (χ1v) is 5.56. The van der Waals surface area contributed by atoms with Gasteiger partial charge in [-0.3, -0.25) is 0 Å². The molecule has 0 amide bonds. The maximum absolute atomic E-state index is 5.34. The Balaban J connectivity index is 2.73. The van der Waals surface area contributed by atoms with Crippen LogP contribution in [0.5, 0.6) is 0 Å². The van der Waals surface area contributed by atoms with Gasteiger partial charge >= 0.3 is 0 Å². The number of hydrogen-bond donors (Lipinski definition) is 1. The van der Waals surface area contributed by atoms with Crippen LogP contribution in [-0.4, -0.2) is 23.0 Å². The highest BCUT2D eigenvalue weighted by molar-refractivity contribution is 7.09. The summed E-state index contributed by atoms with van der Waals surface area (Å²) in [6.45, 7) is 7.11. The largest absolute Gasteiger partial charge is 0.373 e. The fourth-order valence-electron chi connectivity index (χ4n) is 1.25. The van der Waals surface area contributed by atoms with Gasteiger partial charge in [-0.15, -0.1) is 0 Å². The van der Waals surface area contributed by atoms with E-state index in [-0.39, 0.29) is 6.10 Å². The fraction of sp³-hybridized carbons (Fsp3) is 0.778. The number of aromatic nitrogens is 2. The van der Waals surface area contributed by atoms with E-state index in [9.17, 15) is 0 Å². The summed E-state index contributed by atoms with van der Waals surface area (Å²) in [6, 6.07) is 0. The van der Waals surface area contributed by atoms with E-state index in [2.05, 4.69) is 28.5 Å². The molecule has 5 heteroatoms. The second-order valence-corrected chi connectivity index (χ2v) is 4.14. The molecule has 1 N–H and O–H groups in total. The number of ether oxygens (including phenoxy) is 1. The third-order valence-corrected chi connectivity index (χ3v) is 2.57. The first-order chi connectivity index (χ1) is 6.69. The number of rotatable bonds is 5. The van der Waals surface area contributed by atoms with Gasteiger partial charge in [0.2, 0.25) is 5.13 Å². The lowest BCUT2D eigenvalue weighted by atomic mass is 10.1. The van der Waals surface area contributed by atoms with Crippen molar-refractivity contribution in [1.82, 2.24) is 9.36 Å². The SMILES string of the molecule is CCNc1nc(C(OC)C(C)C)ns1. The molecular formula is C9H17N3OS. The summed E-state index contributed by atoms with van der Waals surface area (Å²) in [5, 5.41) is 4.00. The van der Waals surface area contributed by atoms with Crippen LogP contribution >= 0.6 is 11.5 Å². The smallest absolute Gasteiger partial charge is 0.202 e. The molecule has 1 aromatic heterocycles. The lowest BCUT2D eigenvalue weighted by Crippen LogP contribution is -2.10. The van der Waals surface area contributed by atoms with Gasteiger partial charge in [-0.1, -0.05) is 13.8 Å². The molecule has 0 aromatic carbocycles. The molecule has 1 heterocycles. The topological polar surface area (TPSA) is 47.0 Å². The monoisotopic (exact) mass is 215 g/mol. The van der Waals surface area contributed by atoms with E-state index < -0.39 is 0 Å². The summed E-state index contributed by atoms with van der Waals surface area (Å²) in [4.78, 5) is 4.36. The Bertz CT molecular complexity index is 275. The highest BCUT2D eigenvalue weighted by Crippen LogP contribution is 2.25. The minimum absolute atomic E-state index is 0.00124. The number of methoxy groups -OCH3 is 1. The number of nitrogens with one attached hydrogen (secondary N) is 1. The summed E-state index contributed by atoms with van der Waals surface area (Å²) < 4.78 is 9.61. The lowest BCUT2D eigenvalue weighted by molar-refractivity contribution is 0.0585. The molecule has 0 aliphatic rings. The van der Waals surface area contributed by atoms with E-state index in [0.717, 1.165) is 17.5 Å². The molecule has 0 spiro atoms. The number of nitrogens with zero attached hydrogens (tertiary/aromatic N) is 2. The minimum atomic E-state index is -0.00124. The molecule has 1 aromatic rings. The van der Waals surface area contributed by atoms with Crippen molar-refractivity contribution in [1.29, 1.82) is 0 Å². The zero-order valence-electron chi connectivity index (χ0n) is 9.07. The Morgan fingerprint density at radius 3 is 2.71 bits per heavy atom. The van der Waals surface area contributed by atoms with E-state index in [4.69, 9.17) is 4.74 Å². The van der Waals surface area contributed by atoms with Crippen LogP contribution < -0.4 is 5.32 Å². The van der Waals surface area contributed by atoms with Gasteiger partial charge in [0, 0.05) is 25.2 Å². The minimum Gasteiger partial charge on any atom is -0.373 e. The van der Waals surface area contributed by atoms with Gasteiger partial charge in [0.15, 0.2) is 5.82 Å². The van der Waals surface area contributed by atoms with Gasteiger partial charge in [-0.2, -0.15) is 4.37 Å². The van der Waals surface area contributed by atoms with Crippen molar-refractivity contribution in [2.24, 2.45) is 5.92 Å². The molecule has 0 saturated carbocycles. The second kappa shape index (κ2) is 5.26. The van der Waals surface area contributed by atoms with E-state index in [1.54, 1.807) is 7.11 Å². The quantitative estimate of drug-likeness (QED) is 0.818. The van der Waals surface area contributed by atoms with Crippen LogP contribution in [0.2, 0.25) is 0 Å². The van der Waals surface area contributed by atoms with E-state index in [1.807, 2.05) is 6.92 Å². The molecule has 1 atom stereocenters. The molecule has 80 valence electrons. The summed E-state index contributed by atoms with van der Waals surface area (Å²) in [6.07, 6.45) is -0.00124. The predicted octanol–water partition coefficient (Wildman–Crippen LogP) is 2.31. The van der Waals surface area contributed by atoms with Crippen molar-refractivity contribution in [2.75, 3.05) is 19.0 Å². The summed E-state index contributed by atoms with van der Waals surface area (Å²) in [5.74, 6) is 1.17. The highest BCUT2D eigenvalue weighted by Gasteiger charge is 2.19. The Kier molecular flexibility index (Phi) is 4.28. The fourth-order valence-corrected chi connectivity index (χ4v) is 1.92. The molecule has 0 aliphatic heterocycles. The third-order valence-electron chi connectivity index (χ3n) is 1.88. The molecule has 14 heavy (non-hydrogen) atoms. The van der Waals surface area contributed by atoms with Gasteiger partial charge in [-0.05, 0) is 12.8 Å². The second-order valence-electron chi connectivity index (χ2n) is 3.39. The third kappa shape index (κ3) is 2.65. The lowest BCUT2D eigenvalue weighted by Gasteiger charge is -2.14. The summed E-state index contributed by atoms with van der Waals surface area (Å²) >= 11 is 1.38. The van der Waals surface area contributed by atoms with Crippen molar-refractivity contribution in [3.05, 3.63) is 5.82 Å². The van der Waals surface area contributed by atoms with Crippen LogP contribution in [0.3, 0.4) is 0 Å². The Morgan fingerprint density at radius 2 is 2.21 bits per heavy atom. The summed E-state index contributed by atoms with van der Waals surface area (Å²) in [7, 11) is 1.69. The molecule has 0 radical (unpaired) electrons. The average Bonchev–Trinajstić information content (AvgIpc) is 2.54. The zero-order valence-corrected chi connectivity index (χ0v) is 9.89. The van der Waals surface area contributed by atoms with Crippen molar-refractivity contribution >= 4 is 16.7 Å². The first kappa shape index (κ1) is 11.4. The van der Waals surface area contributed by atoms with Crippen LogP contribution in [0.15, 0.2) is 0 Å². The molecule has 0 fully saturated rings. The molecule has 4 nitrogen and oxygen atoms in total. The van der Waals surface area contributed by atoms with Gasteiger partial charge in [0.1, 0.15) is 6.10 Å². The van der Waals surface area contributed by atoms with E-state index in [0.29, 0.717) is 5.92 Å². The van der Waals surface area contributed by atoms with Crippen molar-refractivity contribution in [2.45, 2.75) is 26.9 Å². The normalized spacial score (nSPS) is 13.2. The van der Waals surface area contributed by atoms with Crippen LogP contribution in [0.4, 0.5) is 5.13 Å². The Morgan fingerprint density at radius 1 is 1.50 bits per heavy atom. The van der Waals surface area contributed by atoms with Gasteiger partial charge in [0.05, 0.1) is 0 Å².